The van der Waals surface area contributed by atoms with E-state index < -0.39 is 0 Å². The normalized spacial score (nSPS) is 10.2. The molecule has 2 nitrogen and oxygen atoms in total. The van der Waals surface area contributed by atoms with Gasteiger partial charge in [0.1, 0.15) is 10.9 Å². The Balaban J connectivity index is 3.04. The first kappa shape index (κ1) is 7.88. The van der Waals surface area contributed by atoms with Gasteiger partial charge < -0.3 is 4.57 Å². The van der Waals surface area contributed by atoms with Crippen molar-refractivity contribution in [3.63, 3.8) is 0 Å². The van der Waals surface area contributed by atoms with E-state index in [0.29, 0.717) is 4.64 Å². The topological polar surface area (TPSA) is 22.0 Å². The molecule has 1 rings (SSSR count). The van der Waals surface area contributed by atoms with Crippen LogP contribution in [0.4, 0.5) is 0 Å². The third kappa shape index (κ3) is 2.13. The fourth-order valence-corrected chi connectivity index (χ4v) is 0.891. The third-order valence-corrected chi connectivity index (χ3v) is 1.52. The average molecular weight is 165 g/mol. The molecule has 0 aliphatic carbocycles. The zero-order chi connectivity index (χ0) is 8.10. The van der Waals surface area contributed by atoms with Gasteiger partial charge >= 0.3 is 0 Å². The Hall–Kier alpha value is -1.22. The van der Waals surface area contributed by atoms with Crippen LogP contribution in [-0.4, -0.2) is 10.9 Å². The van der Waals surface area contributed by atoms with Crippen molar-refractivity contribution in [2.75, 3.05) is 0 Å². The largest absolute Gasteiger partial charge is 0.315 e. The lowest BCUT2D eigenvalue weighted by atomic mass is 10.5. The Morgan fingerprint density at radius 2 is 2.27 bits per heavy atom. The van der Waals surface area contributed by atoms with Gasteiger partial charge in [-0.1, -0.05) is 18.3 Å². The Labute approximate surface area is 69.8 Å². The number of nitrogens with zero attached hydrogens (tertiary/aromatic N) is 1. The molecule has 0 atom stereocenters. The van der Waals surface area contributed by atoms with E-state index in [1.165, 1.54) is 6.08 Å². The molecule has 0 aromatic carbocycles. The molecule has 0 fully saturated rings. The highest BCUT2D eigenvalue weighted by Crippen LogP contribution is 1.93. The molecule has 0 aliphatic rings. The van der Waals surface area contributed by atoms with E-state index in [1.807, 2.05) is 12.1 Å². The predicted molar refractivity (Wildman–Crippen MR) is 46.7 cm³/mol. The lowest BCUT2D eigenvalue weighted by Crippen LogP contribution is -1.86. The Bertz CT molecular complexity index is 327. The van der Waals surface area contributed by atoms with Gasteiger partial charge in [0.25, 0.3) is 0 Å². The summed E-state index contributed by atoms with van der Waals surface area (Å²) in [6, 6.07) is 5.50. The smallest absolute Gasteiger partial charge is 0.144 e. The fraction of sp³-hybridized carbons (Fsp3) is 0. The second kappa shape index (κ2) is 3.83. The summed E-state index contributed by atoms with van der Waals surface area (Å²) in [5.74, 6) is 0. The second-order valence-electron chi connectivity index (χ2n) is 1.92. The zero-order valence-electron chi connectivity index (χ0n) is 5.81. The van der Waals surface area contributed by atoms with Crippen LogP contribution in [0, 0.1) is 4.64 Å². The van der Waals surface area contributed by atoms with Gasteiger partial charge in [0.2, 0.25) is 0 Å². The van der Waals surface area contributed by atoms with Crippen LogP contribution >= 0.6 is 12.2 Å². The molecule has 0 radical (unpaired) electrons. The molecule has 1 aromatic heterocycles. The molecule has 3 heteroatoms. The predicted octanol–water partition coefficient (Wildman–Crippen LogP) is 1.89. The number of aldehydes is 1. The SMILES string of the molecule is O=C/C=C/n1ccccc1=S. The first-order valence-electron chi connectivity index (χ1n) is 3.14. The summed E-state index contributed by atoms with van der Waals surface area (Å²) in [5.41, 5.74) is 0. The van der Waals surface area contributed by atoms with Crippen LogP contribution in [0.5, 0.6) is 0 Å². The van der Waals surface area contributed by atoms with Crippen molar-refractivity contribution in [2.45, 2.75) is 0 Å². The van der Waals surface area contributed by atoms with Crippen LogP contribution in [0.25, 0.3) is 6.20 Å². The summed E-state index contributed by atoms with van der Waals surface area (Å²) < 4.78 is 2.38. The molecule has 0 N–H and O–H groups in total. The molecule has 56 valence electrons. The van der Waals surface area contributed by atoms with Crippen LogP contribution in [-0.2, 0) is 4.79 Å². The molecule has 0 amide bonds. The van der Waals surface area contributed by atoms with Crippen molar-refractivity contribution < 1.29 is 4.79 Å². The van der Waals surface area contributed by atoms with Crippen molar-refractivity contribution in [1.82, 2.24) is 4.57 Å². The number of carbonyl (C=O) groups excluding carboxylic acids is 1. The molecule has 1 aromatic rings. The molecule has 11 heavy (non-hydrogen) atoms. The first-order valence-corrected chi connectivity index (χ1v) is 3.54. The van der Waals surface area contributed by atoms with E-state index in [9.17, 15) is 4.79 Å². The average Bonchev–Trinajstić information content (AvgIpc) is 2.03. The number of aromatic nitrogens is 1. The van der Waals surface area contributed by atoms with Gasteiger partial charge in [-0.15, -0.1) is 0 Å². The van der Waals surface area contributed by atoms with Crippen molar-refractivity contribution in [1.29, 1.82) is 0 Å². The molecule has 1 heterocycles. The Kier molecular flexibility index (Phi) is 2.74. The van der Waals surface area contributed by atoms with Crippen LogP contribution < -0.4 is 0 Å². The highest BCUT2D eigenvalue weighted by Gasteiger charge is 1.80. The first-order chi connectivity index (χ1) is 5.34. The molecule has 0 aliphatic heterocycles. The van der Waals surface area contributed by atoms with Crippen molar-refractivity contribution in [2.24, 2.45) is 0 Å². The highest BCUT2D eigenvalue weighted by molar-refractivity contribution is 7.71. The van der Waals surface area contributed by atoms with E-state index >= 15 is 0 Å². The van der Waals surface area contributed by atoms with E-state index in [1.54, 1.807) is 23.0 Å². The molecular weight excluding hydrogens is 158 g/mol. The molecule has 0 saturated heterocycles. The van der Waals surface area contributed by atoms with Gasteiger partial charge in [-0.05, 0) is 18.2 Å². The van der Waals surface area contributed by atoms with E-state index in [-0.39, 0.29) is 0 Å². The number of allylic oxidation sites excluding steroid dienone is 1. The molecule has 0 unspecified atom stereocenters. The number of rotatable bonds is 2. The quantitative estimate of drug-likeness (QED) is 0.379. The maximum Gasteiger partial charge on any atom is 0.144 e. The number of hydrogen-bond acceptors (Lipinski definition) is 2. The van der Waals surface area contributed by atoms with Gasteiger partial charge in [0.15, 0.2) is 0 Å². The van der Waals surface area contributed by atoms with Crippen LogP contribution in [0.3, 0.4) is 0 Å². The van der Waals surface area contributed by atoms with Gasteiger partial charge in [0, 0.05) is 12.4 Å². The lowest BCUT2D eigenvalue weighted by molar-refractivity contribution is -0.104. The summed E-state index contributed by atoms with van der Waals surface area (Å²) in [7, 11) is 0. The molecular formula is C8H7NOS. The van der Waals surface area contributed by atoms with Crippen LogP contribution in [0.15, 0.2) is 30.5 Å². The van der Waals surface area contributed by atoms with Gasteiger partial charge in [0.05, 0.1) is 0 Å². The lowest BCUT2D eigenvalue weighted by Gasteiger charge is -1.95. The number of carbonyl (C=O) groups is 1. The Morgan fingerprint density at radius 1 is 1.45 bits per heavy atom. The minimum atomic E-state index is 0.686. The number of pyridine rings is 1. The minimum absolute atomic E-state index is 0.686. The maximum absolute atomic E-state index is 9.96. The maximum atomic E-state index is 9.96. The van der Waals surface area contributed by atoms with Crippen molar-refractivity contribution in [3.8, 4) is 0 Å². The number of hydrogen-bond donors (Lipinski definition) is 0. The third-order valence-electron chi connectivity index (χ3n) is 1.18. The fourth-order valence-electron chi connectivity index (χ4n) is 0.691. The van der Waals surface area contributed by atoms with E-state index in [2.05, 4.69) is 0 Å². The summed E-state index contributed by atoms with van der Waals surface area (Å²) in [6.45, 7) is 0. The summed E-state index contributed by atoms with van der Waals surface area (Å²) in [5, 5.41) is 0. The second-order valence-corrected chi connectivity index (χ2v) is 2.34. The van der Waals surface area contributed by atoms with Gasteiger partial charge in [-0.25, -0.2) is 0 Å². The highest BCUT2D eigenvalue weighted by atomic mass is 32.1. The zero-order valence-corrected chi connectivity index (χ0v) is 6.62. The van der Waals surface area contributed by atoms with E-state index in [0.717, 1.165) is 6.29 Å². The molecule has 0 spiro atoms. The monoisotopic (exact) mass is 165 g/mol. The summed E-state index contributed by atoms with van der Waals surface area (Å²) in [6.07, 6.45) is 5.53. The standard InChI is InChI=1S/C8H7NOS/c10-7-3-6-9-5-2-1-4-8(9)11/h1-7H/b6-3+. The summed E-state index contributed by atoms with van der Waals surface area (Å²) >= 11 is 4.96. The summed E-state index contributed by atoms with van der Waals surface area (Å²) in [4.78, 5) is 9.96. The Morgan fingerprint density at radius 3 is 2.91 bits per heavy atom. The molecule has 0 saturated carbocycles. The van der Waals surface area contributed by atoms with Crippen LogP contribution in [0.1, 0.15) is 0 Å². The van der Waals surface area contributed by atoms with Crippen molar-refractivity contribution in [3.05, 3.63) is 35.1 Å². The van der Waals surface area contributed by atoms with Crippen LogP contribution in [0.2, 0.25) is 0 Å². The van der Waals surface area contributed by atoms with E-state index in [4.69, 9.17) is 12.2 Å². The van der Waals surface area contributed by atoms with Crippen molar-refractivity contribution >= 4 is 24.7 Å². The molecule has 0 bridgehead atoms. The van der Waals surface area contributed by atoms with Gasteiger partial charge in [-0.3, -0.25) is 4.79 Å². The minimum Gasteiger partial charge on any atom is -0.315 e. The van der Waals surface area contributed by atoms with Gasteiger partial charge in [-0.2, -0.15) is 0 Å².